The number of phenols is 1. The number of fused-ring (bicyclic) bond motifs is 1. The molecule has 0 radical (unpaired) electrons. The zero-order valence-corrected chi connectivity index (χ0v) is 16.1. The molecule has 0 saturated carbocycles. The average Bonchev–Trinajstić information content (AvgIpc) is 2.57. The van der Waals surface area contributed by atoms with Crippen LogP contribution < -0.4 is 5.63 Å². The number of aromatic hydroxyl groups is 1. The lowest BCUT2D eigenvalue weighted by Gasteiger charge is -2.33. The van der Waals surface area contributed by atoms with Crippen LogP contribution >= 0.6 is 0 Å². The van der Waals surface area contributed by atoms with Crippen molar-refractivity contribution in [2.45, 2.75) is 26.8 Å². The quantitative estimate of drug-likeness (QED) is 0.808. The molecule has 0 spiro atoms. The minimum Gasteiger partial charge on any atom is -0.507 e. The molecule has 26 heavy (non-hydrogen) atoms. The summed E-state index contributed by atoms with van der Waals surface area (Å²) in [7, 11) is -3.19. The molecule has 1 aliphatic heterocycles. The van der Waals surface area contributed by atoms with Gasteiger partial charge < -0.3 is 9.52 Å². The highest BCUT2D eigenvalue weighted by atomic mass is 32.2. The van der Waals surface area contributed by atoms with Crippen LogP contribution in [0.3, 0.4) is 0 Å². The van der Waals surface area contributed by atoms with E-state index < -0.39 is 15.6 Å². The summed E-state index contributed by atoms with van der Waals surface area (Å²) >= 11 is 0. The van der Waals surface area contributed by atoms with Gasteiger partial charge in [0.05, 0.1) is 11.8 Å². The molecule has 0 unspecified atom stereocenters. The standard InChI is InChI=1S/C18H24N2O5S/c1-4-13-10-14-12(2)9-16(21)25-18(14)15(17(13)22)11-19-5-7-20(8-6-19)26(3,23)24/h9-10,22H,4-8,11H2,1-3H3. The first-order valence-corrected chi connectivity index (χ1v) is 10.5. The van der Waals surface area contributed by atoms with E-state index in [-0.39, 0.29) is 5.75 Å². The molecule has 1 N–H and O–H groups in total. The first-order chi connectivity index (χ1) is 12.2. The Morgan fingerprint density at radius 1 is 1.19 bits per heavy atom. The van der Waals surface area contributed by atoms with E-state index in [1.807, 2.05) is 19.9 Å². The molecule has 7 nitrogen and oxygen atoms in total. The maximum Gasteiger partial charge on any atom is 0.336 e. The average molecular weight is 380 g/mol. The van der Waals surface area contributed by atoms with Crippen molar-refractivity contribution in [1.82, 2.24) is 9.21 Å². The fourth-order valence-electron chi connectivity index (χ4n) is 3.43. The van der Waals surface area contributed by atoms with Crippen LogP contribution in [0.5, 0.6) is 5.75 Å². The number of nitrogens with zero attached hydrogens (tertiary/aromatic N) is 2. The van der Waals surface area contributed by atoms with Crippen molar-refractivity contribution in [2.75, 3.05) is 32.4 Å². The summed E-state index contributed by atoms with van der Waals surface area (Å²) in [6.07, 6.45) is 1.87. The van der Waals surface area contributed by atoms with E-state index in [1.54, 1.807) is 0 Å². The van der Waals surface area contributed by atoms with Crippen molar-refractivity contribution in [2.24, 2.45) is 0 Å². The molecule has 1 aliphatic rings. The Kier molecular flexibility index (Phi) is 5.09. The molecule has 1 aromatic carbocycles. The van der Waals surface area contributed by atoms with Crippen LogP contribution in [-0.2, 0) is 23.0 Å². The van der Waals surface area contributed by atoms with Crippen molar-refractivity contribution in [3.8, 4) is 5.75 Å². The third kappa shape index (κ3) is 3.62. The number of hydrogen-bond donors (Lipinski definition) is 1. The van der Waals surface area contributed by atoms with Crippen LogP contribution in [0.1, 0.15) is 23.6 Å². The van der Waals surface area contributed by atoms with E-state index in [1.165, 1.54) is 16.6 Å². The topological polar surface area (TPSA) is 91.1 Å². The second-order valence-electron chi connectivity index (χ2n) is 6.78. The molecule has 0 aliphatic carbocycles. The molecule has 2 aromatic rings. The van der Waals surface area contributed by atoms with E-state index in [4.69, 9.17) is 4.42 Å². The molecule has 8 heteroatoms. The summed E-state index contributed by atoms with van der Waals surface area (Å²) in [5.41, 5.74) is 2.18. The van der Waals surface area contributed by atoms with Crippen molar-refractivity contribution < 1.29 is 17.9 Å². The van der Waals surface area contributed by atoms with Crippen molar-refractivity contribution in [1.29, 1.82) is 0 Å². The maximum atomic E-state index is 11.8. The van der Waals surface area contributed by atoms with Crippen molar-refractivity contribution >= 4 is 21.0 Å². The Balaban J connectivity index is 1.97. The molecular formula is C18H24N2O5S. The molecular weight excluding hydrogens is 356 g/mol. The number of rotatable bonds is 4. The zero-order chi connectivity index (χ0) is 19.1. The van der Waals surface area contributed by atoms with Gasteiger partial charge in [-0.2, -0.15) is 4.31 Å². The second-order valence-corrected chi connectivity index (χ2v) is 8.76. The normalized spacial score (nSPS) is 17.0. The lowest BCUT2D eigenvalue weighted by atomic mass is 9.99. The third-order valence-electron chi connectivity index (χ3n) is 4.95. The number of benzene rings is 1. The summed E-state index contributed by atoms with van der Waals surface area (Å²) in [6, 6.07) is 3.32. The molecule has 1 aromatic heterocycles. The lowest BCUT2D eigenvalue weighted by Crippen LogP contribution is -2.47. The van der Waals surface area contributed by atoms with Crippen molar-refractivity contribution in [3.05, 3.63) is 39.2 Å². The second kappa shape index (κ2) is 7.02. The monoisotopic (exact) mass is 380 g/mol. The molecule has 1 fully saturated rings. The van der Waals surface area contributed by atoms with E-state index in [0.717, 1.165) is 16.5 Å². The van der Waals surface area contributed by atoms with Crippen LogP contribution in [0.2, 0.25) is 0 Å². The van der Waals surface area contributed by atoms with Gasteiger partial charge in [-0.3, -0.25) is 4.90 Å². The number of aryl methyl sites for hydroxylation is 2. The van der Waals surface area contributed by atoms with Crippen LogP contribution in [0.25, 0.3) is 11.0 Å². The summed E-state index contributed by atoms with van der Waals surface area (Å²) in [5.74, 6) is 0.152. The van der Waals surface area contributed by atoms with Crippen LogP contribution in [-0.4, -0.2) is 55.2 Å². The Morgan fingerprint density at radius 3 is 2.42 bits per heavy atom. The first-order valence-electron chi connectivity index (χ1n) is 8.66. The zero-order valence-electron chi connectivity index (χ0n) is 15.3. The van der Waals surface area contributed by atoms with Gasteiger partial charge in [0.25, 0.3) is 0 Å². The summed E-state index contributed by atoms with van der Waals surface area (Å²) in [6.45, 7) is 6.15. The summed E-state index contributed by atoms with van der Waals surface area (Å²) < 4.78 is 30.2. The highest BCUT2D eigenvalue weighted by Crippen LogP contribution is 2.33. The lowest BCUT2D eigenvalue weighted by molar-refractivity contribution is 0.180. The number of phenolic OH excluding ortho intramolecular Hbond substituents is 1. The van der Waals surface area contributed by atoms with Gasteiger partial charge in [-0.25, -0.2) is 13.2 Å². The van der Waals surface area contributed by atoms with Crippen LogP contribution in [0, 0.1) is 6.92 Å². The highest BCUT2D eigenvalue weighted by molar-refractivity contribution is 7.88. The molecule has 0 atom stereocenters. The number of piperazine rings is 1. The minimum absolute atomic E-state index is 0.152. The summed E-state index contributed by atoms with van der Waals surface area (Å²) in [4.78, 5) is 13.9. The van der Waals surface area contributed by atoms with Crippen LogP contribution in [0.15, 0.2) is 21.3 Å². The van der Waals surface area contributed by atoms with Crippen LogP contribution in [0.4, 0.5) is 0 Å². The highest BCUT2D eigenvalue weighted by Gasteiger charge is 2.25. The van der Waals surface area contributed by atoms with Gasteiger partial charge in [-0.1, -0.05) is 6.92 Å². The maximum absolute atomic E-state index is 11.8. The SMILES string of the molecule is CCc1cc2c(C)cc(=O)oc2c(CN2CCN(S(C)(=O)=O)CC2)c1O. The fourth-order valence-corrected chi connectivity index (χ4v) is 4.25. The largest absolute Gasteiger partial charge is 0.507 e. The Hall–Kier alpha value is -1.90. The Labute approximate surface area is 152 Å². The molecule has 1 saturated heterocycles. The molecule has 0 amide bonds. The van der Waals surface area contributed by atoms with Gasteiger partial charge in [0.2, 0.25) is 10.0 Å². The van der Waals surface area contributed by atoms with Gasteiger partial charge in [0, 0.05) is 44.2 Å². The van der Waals surface area contributed by atoms with Gasteiger partial charge in [-0.15, -0.1) is 0 Å². The van der Waals surface area contributed by atoms with E-state index in [9.17, 15) is 18.3 Å². The third-order valence-corrected chi connectivity index (χ3v) is 6.26. The molecule has 0 bridgehead atoms. The Bertz CT molecular complexity index is 989. The van der Waals surface area contributed by atoms with E-state index >= 15 is 0 Å². The van der Waals surface area contributed by atoms with Gasteiger partial charge in [0.15, 0.2) is 0 Å². The minimum atomic E-state index is -3.19. The summed E-state index contributed by atoms with van der Waals surface area (Å²) in [5, 5.41) is 11.5. The smallest absolute Gasteiger partial charge is 0.336 e. The fraction of sp³-hybridized carbons (Fsp3) is 0.500. The Morgan fingerprint density at radius 2 is 1.85 bits per heavy atom. The van der Waals surface area contributed by atoms with E-state index in [2.05, 4.69) is 4.90 Å². The predicted molar refractivity (Wildman–Crippen MR) is 100.0 cm³/mol. The van der Waals surface area contributed by atoms with Gasteiger partial charge in [0.1, 0.15) is 11.3 Å². The van der Waals surface area contributed by atoms with Gasteiger partial charge >= 0.3 is 5.63 Å². The molecule has 3 rings (SSSR count). The first kappa shape index (κ1) is 18.9. The van der Waals surface area contributed by atoms with Gasteiger partial charge in [-0.05, 0) is 30.5 Å². The molecule has 142 valence electrons. The van der Waals surface area contributed by atoms with E-state index in [0.29, 0.717) is 50.3 Å². The number of sulfonamides is 1. The molecule has 2 heterocycles. The van der Waals surface area contributed by atoms with Crippen molar-refractivity contribution in [3.63, 3.8) is 0 Å². The number of hydrogen-bond acceptors (Lipinski definition) is 6. The predicted octanol–water partition coefficient (Wildman–Crippen LogP) is 1.45.